The van der Waals surface area contributed by atoms with Crippen LogP contribution in [-0.4, -0.2) is 15.9 Å². The highest BCUT2D eigenvalue weighted by molar-refractivity contribution is 9.10. The number of fused-ring (bicyclic) bond motifs is 1. The molecule has 0 saturated carbocycles. The lowest BCUT2D eigenvalue weighted by Gasteiger charge is -2.09. The molecule has 0 spiro atoms. The van der Waals surface area contributed by atoms with Crippen LogP contribution in [0.25, 0.3) is 22.6 Å². The van der Waals surface area contributed by atoms with Gasteiger partial charge in [-0.25, -0.2) is 4.98 Å². The molecule has 0 unspecified atom stereocenters. The summed E-state index contributed by atoms with van der Waals surface area (Å²) in [4.78, 5) is 21.5. The van der Waals surface area contributed by atoms with Gasteiger partial charge in [-0.2, -0.15) is 0 Å². The highest BCUT2D eigenvalue weighted by atomic mass is 79.9. The third-order valence-corrected chi connectivity index (χ3v) is 5.38. The van der Waals surface area contributed by atoms with Crippen LogP contribution in [0, 0.1) is 0 Å². The second kappa shape index (κ2) is 9.26. The fraction of sp³-hybridized carbons (Fsp3) is 0.0385. The van der Waals surface area contributed by atoms with Gasteiger partial charge in [0, 0.05) is 28.1 Å². The third kappa shape index (κ3) is 4.94. The molecule has 1 amide bonds. The van der Waals surface area contributed by atoms with Crippen LogP contribution in [0.4, 0.5) is 5.69 Å². The van der Waals surface area contributed by atoms with E-state index in [1.165, 1.54) is 0 Å². The summed E-state index contributed by atoms with van der Waals surface area (Å²) in [6, 6.07) is 24.2. The van der Waals surface area contributed by atoms with Crippen LogP contribution in [-0.2, 0) is 6.61 Å². The molecule has 1 N–H and O–H groups in total. The molecule has 0 atom stereocenters. The van der Waals surface area contributed by atoms with E-state index in [2.05, 4.69) is 31.2 Å². The molecule has 2 aromatic heterocycles. The van der Waals surface area contributed by atoms with Gasteiger partial charge in [0.1, 0.15) is 17.9 Å². The van der Waals surface area contributed by atoms with Gasteiger partial charge in [0.15, 0.2) is 5.58 Å². The van der Waals surface area contributed by atoms with Crippen molar-refractivity contribution < 1.29 is 13.9 Å². The standard InChI is InChI=1S/C26H18BrN3O3/c27-20-11-19(14-28-15-20)26-30-23-13-21(9-10-24(23)33-26)29-25(31)18-7-4-8-22(12-18)32-16-17-5-2-1-3-6-17/h1-15H,16H2,(H,29,31). The summed E-state index contributed by atoms with van der Waals surface area (Å²) in [5, 5.41) is 2.91. The summed E-state index contributed by atoms with van der Waals surface area (Å²) < 4.78 is 12.5. The van der Waals surface area contributed by atoms with Crippen LogP contribution >= 0.6 is 15.9 Å². The molecule has 0 fully saturated rings. The molecule has 162 valence electrons. The van der Waals surface area contributed by atoms with Crippen molar-refractivity contribution in [2.24, 2.45) is 0 Å². The monoisotopic (exact) mass is 499 g/mol. The molecule has 0 aliphatic heterocycles. The van der Waals surface area contributed by atoms with Crippen molar-refractivity contribution in [2.75, 3.05) is 5.32 Å². The summed E-state index contributed by atoms with van der Waals surface area (Å²) in [5.41, 5.74) is 4.21. The van der Waals surface area contributed by atoms with E-state index in [0.717, 1.165) is 15.6 Å². The maximum Gasteiger partial charge on any atom is 0.255 e. The van der Waals surface area contributed by atoms with Crippen molar-refractivity contribution >= 4 is 38.6 Å². The number of carbonyl (C=O) groups is 1. The normalized spacial score (nSPS) is 10.8. The van der Waals surface area contributed by atoms with Gasteiger partial charge in [-0.15, -0.1) is 0 Å². The first-order chi connectivity index (χ1) is 16.1. The van der Waals surface area contributed by atoms with Crippen molar-refractivity contribution in [2.45, 2.75) is 6.61 Å². The molecule has 2 heterocycles. The van der Waals surface area contributed by atoms with Crippen LogP contribution in [0.1, 0.15) is 15.9 Å². The highest BCUT2D eigenvalue weighted by Gasteiger charge is 2.12. The number of hydrogen-bond acceptors (Lipinski definition) is 5. The number of amides is 1. The molecule has 5 rings (SSSR count). The number of aromatic nitrogens is 2. The molecule has 0 aliphatic carbocycles. The van der Waals surface area contributed by atoms with Crippen LogP contribution in [0.15, 0.2) is 100 Å². The Hall–Kier alpha value is -3.97. The van der Waals surface area contributed by atoms with Crippen molar-refractivity contribution in [3.8, 4) is 17.2 Å². The molecule has 6 nitrogen and oxygen atoms in total. The minimum Gasteiger partial charge on any atom is -0.489 e. The second-order valence-electron chi connectivity index (χ2n) is 7.35. The van der Waals surface area contributed by atoms with Gasteiger partial charge < -0.3 is 14.5 Å². The largest absolute Gasteiger partial charge is 0.489 e. The van der Waals surface area contributed by atoms with E-state index in [1.54, 1.807) is 48.8 Å². The molecule has 0 saturated heterocycles. The van der Waals surface area contributed by atoms with E-state index in [9.17, 15) is 4.79 Å². The van der Waals surface area contributed by atoms with Gasteiger partial charge in [0.25, 0.3) is 5.91 Å². The first kappa shape index (κ1) is 20.9. The SMILES string of the molecule is O=C(Nc1ccc2oc(-c3cncc(Br)c3)nc2c1)c1cccc(OCc2ccccc2)c1. The van der Waals surface area contributed by atoms with E-state index < -0.39 is 0 Å². The number of ether oxygens (including phenoxy) is 1. The van der Waals surface area contributed by atoms with Crippen LogP contribution in [0.2, 0.25) is 0 Å². The van der Waals surface area contributed by atoms with Gasteiger partial charge in [-0.3, -0.25) is 9.78 Å². The topological polar surface area (TPSA) is 77.3 Å². The quantitative estimate of drug-likeness (QED) is 0.289. The van der Waals surface area contributed by atoms with E-state index in [1.807, 2.05) is 42.5 Å². The van der Waals surface area contributed by atoms with Gasteiger partial charge in [0.05, 0.1) is 5.56 Å². The fourth-order valence-corrected chi connectivity index (χ4v) is 3.69. The predicted octanol–water partition coefficient (Wildman–Crippen LogP) is 6.48. The Kier molecular flexibility index (Phi) is 5.87. The number of nitrogens with zero attached hydrogens (tertiary/aromatic N) is 2. The zero-order valence-electron chi connectivity index (χ0n) is 17.4. The first-order valence-corrected chi connectivity index (χ1v) is 11.0. The molecule has 33 heavy (non-hydrogen) atoms. The highest BCUT2D eigenvalue weighted by Crippen LogP contribution is 2.27. The lowest BCUT2D eigenvalue weighted by molar-refractivity contribution is 0.102. The Morgan fingerprint density at radius 3 is 2.70 bits per heavy atom. The predicted molar refractivity (Wildman–Crippen MR) is 130 cm³/mol. The second-order valence-corrected chi connectivity index (χ2v) is 8.27. The zero-order valence-corrected chi connectivity index (χ0v) is 19.0. The van der Waals surface area contributed by atoms with Crippen LogP contribution in [0.5, 0.6) is 5.75 Å². The van der Waals surface area contributed by atoms with Gasteiger partial charge in [0.2, 0.25) is 5.89 Å². The number of rotatable bonds is 6. The average molecular weight is 500 g/mol. The van der Waals surface area contributed by atoms with E-state index >= 15 is 0 Å². The summed E-state index contributed by atoms with van der Waals surface area (Å²) >= 11 is 3.40. The average Bonchev–Trinajstić information content (AvgIpc) is 3.27. The van der Waals surface area contributed by atoms with Gasteiger partial charge in [-0.05, 0) is 64.0 Å². The Morgan fingerprint density at radius 1 is 0.970 bits per heavy atom. The number of benzene rings is 3. The fourth-order valence-electron chi connectivity index (χ4n) is 3.33. The number of nitrogens with one attached hydrogen (secondary N) is 1. The molecule has 0 aliphatic rings. The number of hydrogen-bond donors (Lipinski definition) is 1. The minimum absolute atomic E-state index is 0.237. The summed E-state index contributed by atoms with van der Waals surface area (Å²) in [5.74, 6) is 0.857. The minimum atomic E-state index is -0.237. The van der Waals surface area contributed by atoms with Crippen molar-refractivity contribution in [3.05, 3.63) is 107 Å². The van der Waals surface area contributed by atoms with E-state index in [-0.39, 0.29) is 5.91 Å². The smallest absolute Gasteiger partial charge is 0.255 e. The molecule has 0 bridgehead atoms. The van der Waals surface area contributed by atoms with Crippen LogP contribution in [0.3, 0.4) is 0 Å². The zero-order chi connectivity index (χ0) is 22.6. The van der Waals surface area contributed by atoms with Gasteiger partial charge >= 0.3 is 0 Å². The maximum atomic E-state index is 12.8. The number of pyridine rings is 1. The molecule has 0 radical (unpaired) electrons. The Morgan fingerprint density at radius 2 is 1.85 bits per heavy atom. The molecular formula is C26H18BrN3O3. The molecule has 3 aromatic carbocycles. The summed E-state index contributed by atoms with van der Waals surface area (Å²) in [6.45, 7) is 0.435. The van der Waals surface area contributed by atoms with Crippen LogP contribution < -0.4 is 10.1 Å². The van der Waals surface area contributed by atoms with Crippen molar-refractivity contribution in [1.29, 1.82) is 0 Å². The van der Waals surface area contributed by atoms with Crippen molar-refractivity contribution in [1.82, 2.24) is 9.97 Å². The Balaban J connectivity index is 1.30. The number of carbonyl (C=O) groups excluding carboxylic acids is 1. The number of halogens is 1. The van der Waals surface area contributed by atoms with E-state index in [0.29, 0.717) is 40.6 Å². The first-order valence-electron chi connectivity index (χ1n) is 10.2. The molecular weight excluding hydrogens is 482 g/mol. The van der Waals surface area contributed by atoms with Crippen molar-refractivity contribution in [3.63, 3.8) is 0 Å². The maximum absolute atomic E-state index is 12.8. The van der Waals surface area contributed by atoms with E-state index in [4.69, 9.17) is 9.15 Å². The Bertz CT molecular complexity index is 1430. The Labute approximate surface area is 198 Å². The molecule has 5 aromatic rings. The molecule has 7 heteroatoms. The summed E-state index contributed by atoms with van der Waals surface area (Å²) in [6.07, 6.45) is 3.38. The number of oxazole rings is 1. The lowest BCUT2D eigenvalue weighted by atomic mass is 10.2. The third-order valence-electron chi connectivity index (χ3n) is 4.94. The number of anilines is 1. The lowest BCUT2D eigenvalue weighted by Crippen LogP contribution is -2.12. The summed E-state index contributed by atoms with van der Waals surface area (Å²) in [7, 11) is 0. The van der Waals surface area contributed by atoms with Gasteiger partial charge in [-0.1, -0.05) is 36.4 Å².